The highest BCUT2D eigenvalue weighted by molar-refractivity contribution is 5.94. The van der Waals surface area contributed by atoms with Crippen LogP contribution in [0.5, 0.6) is 5.75 Å². The second-order valence-electron chi connectivity index (χ2n) is 6.37. The smallest absolute Gasteiger partial charge is 0.262 e. The summed E-state index contributed by atoms with van der Waals surface area (Å²) in [6, 6.07) is 15.0. The number of carbonyl (C=O) groups excluding carboxylic acids is 2. The third kappa shape index (κ3) is 4.15. The molecule has 2 N–H and O–H groups in total. The monoisotopic (exact) mass is 374 g/mol. The van der Waals surface area contributed by atoms with E-state index in [2.05, 4.69) is 20.6 Å². The molecule has 7 heteroatoms. The second-order valence-corrected chi connectivity index (χ2v) is 6.37. The number of amides is 2. The van der Waals surface area contributed by atoms with E-state index >= 15 is 0 Å². The van der Waals surface area contributed by atoms with Crippen molar-refractivity contribution in [1.29, 1.82) is 0 Å². The van der Waals surface area contributed by atoms with E-state index in [0.717, 1.165) is 16.8 Å². The van der Waals surface area contributed by atoms with Crippen LogP contribution in [-0.2, 0) is 16.0 Å². The van der Waals surface area contributed by atoms with E-state index in [1.807, 2.05) is 36.4 Å². The molecule has 0 saturated carbocycles. The van der Waals surface area contributed by atoms with Crippen LogP contribution in [0.25, 0.3) is 11.4 Å². The van der Waals surface area contributed by atoms with Crippen LogP contribution in [0, 0.1) is 0 Å². The van der Waals surface area contributed by atoms with Gasteiger partial charge in [-0.05, 0) is 30.2 Å². The van der Waals surface area contributed by atoms with Gasteiger partial charge in [-0.2, -0.15) is 0 Å². The van der Waals surface area contributed by atoms with Crippen molar-refractivity contribution in [2.45, 2.75) is 12.8 Å². The van der Waals surface area contributed by atoms with Gasteiger partial charge in [-0.1, -0.05) is 30.3 Å². The van der Waals surface area contributed by atoms with E-state index in [1.54, 1.807) is 24.5 Å². The van der Waals surface area contributed by atoms with E-state index in [0.29, 0.717) is 30.1 Å². The molecule has 1 aliphatic rings. The van der Waals surface area contributed by atoms with Crippen LogP contribution in [-0.4, -0.2) is 28.4 Å². The number of aromatic nitrogens is 2. The number of hydrogen-bond acceptors (Lipinski definition) is 5. The number of fused-ring (bicyclic) bond motifs is 1. The summed E-state index contributed by atoms with van der Waals surface area (Å²) in [6.07, 6.45) is 4.25. The largest absolute Gasteiger partial charge is 0.484 e. The molecule has 2 aromatic carbocycles. The number of rotatable bonds is 5. The highest BCUT2D eigenvalue weighted by Gasteiger charge is 2.15. The first-order chi connectivity index (χ1) is 13.7. The lowest BCUT2D eigenvalue weighted by molar-refractivity contribution is -0.118. The lowest BCUT2D eigenvalue weighted by Gasteiger charge is -2.17. The van der Waals surface area contributed by atoms with Gasteiger partial charge >= 0.3 is 0 Å². The number of aryl methyl sites for hydroxylation is 1. The van der Waals surface area contributed by atoms with E-state index < -0.39 is 0 Å². The van der Waals surface area contributed by atoms with Crippen LogP contribution in [0.2, 0.25) is 0 Å². The van der Waals surface area contributed by atoms with Crippen molar-refractivity contribution in [1.82, 2.24) is 9.97 Å². The number of nitrogens with zero attached hydrogens (tertiary/aromatic N) is 2. The zero-order valence-electron chi connectivity index (χ0n) is 15.0. The number of anilines is 2. The molecule has 2 amide bonds. The number of benzene rings is 2. The molecule has 1 aliphatic heterocycles. The minimum Gasteiger partial charge on any atom is -0.484 e. The van der Waals surface area contributed by atoms with Crippen LogP contribution >= 0.6 is 0 Å². The first kappa shape index (κ1) is 17.7. The quantitative estimate of drug-likeness (QED) is 0.716. The maximum atomic E-state index is 12.1. The molecule has 28 heavy (non-hydrogen) atoms. The Bertz CT molecular complexity index is 1000. The normalized spacial score (nSPS) is 12.6. The Morgan fingerprint density at radius 2 is 1.86 bits per heavy atom. The minimum atomic E-state index is -0.304. The Morgan fingerprint density at radius 3 is 2.64 bits per heavy atom. The summed E-state index contributed by atoms with van der Waals surface area (Å²) in [7, 11) is 0. The van der Waals surface area contributed by atoms with Crippen LogP contribution in [0.1, 0.15) is 12.0 Å². The summed E-state index contributed by atoms with van der Waals surface area (Å²) in [5.74, 6) is 0.889. The van der Waals surface area contributed by atoms with Crippen LogP contribution in [0.3, 0.4) is 0 Å². The molecular weight excluding hydrogens is 356 g/mol. The Kier molecular flexibility index (Phi) is 4.97. The zero-order chi connectivity index (χ0) is 19.3. The van der Waals surface area contributed by atoms with Crippen molar-refractivity contribution < 1.29 is 14.3 Å². The summed E-state index contributed by atoms with van der Waals surface area (Å²) in [5, 5.41) is 5.53. The zero-order valence-corrected chi connectivity index (χ0v) is 15.0. The molecule has 0 aliphatic carbocycles. The topological polar surface area (TPSA) is 93.2 Å². The molecule has 3 aromatic rings. The van der Waals surface area contributed by atoms with Gasteiger partial charge in [0, 0.05) is 17.7 Å². The first-order valence-corrected chi connectivity index (χ1v) is 8.90. The SMILES string of the molecule is O=C(COc1ccc2c(c1)CCC(=O)N2)Nc1cnc(-c2ccccc2)nc1. The van der Waals surface area contributed by atoms with Gasteiger partial charge in [-0.15, -0.1) is 0 Å². The fraction of sp³-hybridized carbons (Fsp3) is 0.143. The third-order valence-electron chi connectivity index (χ3n) is 4.31. The summed E-state index contributed by atoms with van der Waals surface area (Å²) in [6.45, 7) is -0.133. The third-order valence-corrected chi connectivity index (χ3v) is 4.31. The fourth-order valence-corrected chi connectivity index (χ4v) is 2.92. The molecule has 7 nitrogen and oxygen atoms in total. The maximum Gasteiger partial charge on any atom is 0.262 e. The number of hydrogen-bond donors (Lipinski definition) is 2. The molecule has 0 radical (unpaired) electrons. The molecule has 140 valence electrons. The van der Waals surface area contributed by atoms with Crippen molar-refractivity contribution in [2.75, 3.05) is 17.2 Å². The average molecular weight is 374 g/mol. The molecular formula is C21H18N4O3. The Labute approximate surface area is 161 Å². The van der Waals surface area contributed by atoms with Gasteiger partial charge in [-0.3, -0.25) is 9.59 Å². The van der Waals surface area contributed by atoms with Crippen molar-refractivity contribution in [3.8, 4) is 17.1 Å². The van der Waals surface area contributed by atoms with Gasteiger partial charge in [0.2, 0.25) is 5.91 Å². The predicted octanol–water partition coefficient (Wildman–Crippen LogP) is 3.05. The summed E-state index contributed by atoms with van der Waals surface area (Å²) in [5.41, 5.74) is 3.21. The second kappa shape index (κ2) is 7.87. The lowest BCUT2D eigenvalue weighted by atomic mass is 10.0. The summed E-state index contributed by atoms with van der Waals surface area (Å²) < 4.78 is 5.56. The molecule has 0 bridgehead atoms. The first-order valence-electron chi connectivity index (χ1n) is 8.90. The maximum absolute atomic E-state index is 12.1. The molecule has 0 saturated heterocycles. The van der Waals surface area contributed by atoms with Crippen molar-refractivity contribution in [3.05, 3.63) is 66.5 Å². The van der Waals surface area contributed by atoms with E-state index in [9.17, 15) is 9.59 Å². The highest BCUT2D eigenvalue weighted by atomic mass is 16.5. The van der Waals surface area contributed by atoms with E-state index in [1.165, 1.54) is 0 Å². The van der Waals surface area contributed by atoms with Gasteiger partial charge in [0.1, 0.15) is 5.75 Å². The Balaban J connectivity index is 1.33. The Morgan fingerprint density at radius 1 is 1.07 bits per heavy atom. The van der Waals surface area contributed by atoms with Gasteiger partial charge in [0.25, 0.3) is 5.91 Å². The van der Waals surface area contributed by atoms with E-state index in [4.69, 9.17) is 4.74 Å². The highest BCUT2D eigenvalue weighted by Crippen LogP contribution is 2.26. The minimum absolute atomic E-state index is 0.0149. The van der Waals surface area contributed by atoms with Crippen LogP contribution in [0.4, 0.5) is 11.4 Å². The van der Waals surface area contributed by atoms with E-state index in [-0.39, 0.29) is 18.4 Å². The molecule has 1 aromatic heterocycles. The van der Waals surface area contributed by atoms with Gasteiger partial charge in [0.05, 0.1) is 18.1 Å². The van der Waals surface area contributed by atoms with Crippen LogP contribution < -0.4 is 15.4 Å². The number of carbonyl (C=O) groups is 2. The summed E-state index contributed by atoms with van der Waals surface area (Å²) >= 11 is 0. The predicted molar refractivity (Wildman–Crippen MR) is 105 cm³/mol. The van der Waals surface area contributed by atoms with Crippen molar-refractivity contribution in [3.63, 3.8) is 0 Å². The van der Waals surface area contributed by atoms with Crippen LogP contribution in [0.15, 0.2) is 60.9 Å². The Hall–Kier alpha value is -3.74. The van der Waals surface area contributed by atoms with Gasteiger partial charge in [-0.25, -0.2) is 9.97 Å². The number of ether oxygens (including phenoxy) is 1. The van der Waals surface area contributed by atoms with Crippen molar-refractivity contribution >= 4 is 23.2 Å². The van der Waals surface area contributed by atoms with Gasteiger partial charge < -0.3 is 15.4 Å². The molecule has 0 spiro atoms. The molecule has 2 heterocycles. The fourth-order valence-electron chi connectivity index (χ4n) is 2.92. The summed E-state index contributed by atoms with van der Waals surface area (Å²) in [4.78, 5) is 32.1. The van der Waals surface area contributed by atoms with Gasteiger partial charge in [0.15, 0.2) is 12.4 Å². The molecule has 0 fully saturated rings. The molecule has 0 unspecified atom stereocenters. The lowest BCUT2D eigenvalue weighted by Crippen LogP contribution is -2.21. The standard InChI is InChI=1S/C21H18N4O3/c26-19-9-6-15-10-17(7-8-18(15)25-19)28-13-20(27)24-16-11-22-21(23-12-16)14-4-2-1-3-5-14/h1-5,7-8,10-12H,6,9,13H2,(H,24,27)(H,25,26). The average Bonchev–Trinajstić information content (AvgIpc) is 2.73. The molecule has 0 atom stereocenters. The number of nitrogens with one attached hydrogen (secondary N) is 2. The molecule has 4 rings (SSSR count). The van der Waals surface area contributed by atoms with Crippen molar-refractivity contribution in [2.24, 2.45) is 0 Å².